The fourth-order valence-electron chi connectivity index (χ4n) is 1.77. The van der Waals surface area contributed by atoms with Gasteiger partial charge in [0.2, 0.25) is 0 Å². The van der Waals surface area contributed by atoms with E-state index in [2.05, 4.69) is 0 Å². The molecule has 0 aliphatic heterocycles. The van der Waals surface area contributed by atoms with Crippen molar-refractivity contribution in [1.82, 2.24) is 4.90 Å². The quantitative estimate of drug-likeness (QED) is 0.861. The van der Waals surface area contributed by atoms with Crippen molar-refractivity contribution in [1.29, 1.82) is 0 Å². The van der Waals surface area contributed by atoms with Gasteiger partial charge in [0, 0.05) is 18.2 Å². The predicted octanol–water partition coefficient (Wildman–Crippen LogP) is 2.93. The topological polar surface area (TPSA) is 40.5 Å². The van der Waals surface area contributed by atoms with Gasteiger partial charge in [-0.1, -0.05) is 19.1 Å². The van der Waals surface area contributed by atoms with E-state index in [9.17, 15) is 9.18 Å². The van der Waals surface area contributed by atoms with Crippen molar-refractivity contribution in [2.24, 2.45) is 5.92 Å². The summed E-state index contributed by atoms with van der Waals surface area (Å²) in [7, 11) is 1.94. The zero-order valence-electron chi connectivity index (χ0n) is 12.0. The average Bonchev–Trinajstić information content (AvgIpc) is 2.32. The van der Waals surface area contributed by atoms with Crippen molar-refractivity contribution in [2.45, 2.75) is 39.8 Å². The summed E-state index contributed by atoms with van der Waals surface area (Å²) in [5.41, 5.74) is 1.48. The van der Waals surface area contributed by atoms with E-state index in [1.165, 1.54) is 6.07 Å². The maximum absolute atomic E-state index is 13.7. The number of benzene rings is 1. The third kappa shape index (κ3) is 4.63. The Kier molecular flexibility index (Phi) is 5.48. The van der Waals surface area contributed by atoms with Crippen LogP contribution in [0.2, 0.25) is 0 Å². The average molecular weight is 267 g/mol. The number of hydrogen-bond donors (Lipinski definition) is 1. The summed E-state index contributed by atoms with van der Waals surface area (Å²) < 4.78 is 13.7. The molecule has 0 saturated carbocycles. The van der Waals surface area contributed by atoms with Crippen LogP contribution in [0.15, 0.2) is 18.2 Å². The summed E-state index contributed by atoms with van der Waals surface area (Å²) in [6.07, 6.45) is 0.425. The first-order valence-corrected chi connectivity index (χ1v) is 6.51. The van der Waals surface area contributed by atoms with E-state index < -0.39 is 11.9 Å². The van der Waals surface area contributed by atoms with Crippen LogP contribution < -0.4 is 0 Å². The number of nitrogens with zero attached hydrogens (tertiary/aromatic N) is 1. The number of carbonyl (C=O) groups is 1. The van der Waals surface area contributed by atoms with Gasteiger partial charge in [-0.25, -0.2) is 4.39 Å². The molecule has 0 spiro atoms. The van der Waals surface area contributed by atoms with Crippen LogP contribution in [0.1, 0.15) is 31.9 Å². The molecule has 1 atom stereocenters. The zero-order chi connectivity index (χ0) is 14.6. The Bertz CT molecular complexity index is 446. The van der Waals surface area contributed by atoms with Crippen molar-refractivity contribution in [3.8, 4) is 0 Å². The van der Waals surface area contributed by atoms with Crippen LogP contribution in [0.5, 0.6) is 0 Å². The number of carboxylic acids is 1. The van der Waals surface area contributed by atoms with E-state index in [0.29, 0.717) is 24.6 Å². The highest BCUT2D eigenvalue weighted by atomic mass is 19.1. The van der Waals surface area contributed by atoms with Crippen LogP contribution in [0.3, 0.4) is 0 Å². The van der Waals surface area contributed by atoms with E-state index in [0.717, 1.165) is 5.56 Å². The first-order chi connectivity index (χ1) is 8.81. The summed E-state index contributed by atoms with van der Waals surface area (Å²) in [6.45, 7) is 6.28. The van der Waals surface area contributed by atoms with Gasteiger partial charge in [-0.05, 0) is 38.9 Å². The fraction of sp³-hybridized carbons (Fsp3) is 0.533. The standard InChI is InChI=1S/C15H22FNO2/c1-10(2)17(4)9-13-8-12(5-6-14(13)16)7-11(3)15(18)19/h5-6,8,10-11H,7,9H2,1-4H3,(H,18,19). The molecule has 0 bridgehead atoms. The second-order valence-corrected chi connectivity index (χ2v) is 5.38. The van der Waals surface area contributed by atoms with Crippen LogP contribution >= 0.6 is 0 Å². The highest BCUT2D eigenvalue weighted by Gasteiger charge is 2.14. The SMILES string of the molecule is CC(Cc1ccc(F)c(CN(C)C(C)C)c1)C(=O)O. The van der Waals surface area contributed by atoms with Crippen molar-refractivity contribution < 1.29 is 14.3 Å². The minimum absolute atomic E-state index is 0.237. The lowest BCUT2D eigenvalue weighted by Gasteiger charge is -2.21. The van der Waals surface area contributed by atoms with Crippen LogP contribution in [0.4, 0.5) is 4.39 Å². The third-order valence-electron chi connectivity index (χ3n) is 3.37. The van der Waals surface area contributed by atoms with E-state index in [1.807, 2.05) is 25.8 Å². The van der Waals surface area contributed by atoms with Gasteiger partial charge in [-0.3, -0.25) is 9.69 Å². The summed E-state index contributed by atoms with van der Waals surface area (Å²) in [5, 5.41) is 8.90. The largest absolute Gasteiger partial charge is 0.481 e. The van der Waals surface area contributed by atoms with E-state index >= 15 is 0 Å². The number of aliphatic carboxylic acids is 1. The molecule has 0 aliphatic carbocycles. The summed E-state index contributed by atoms with van der Waals surface area (Å²) in [6, 6.07) is 5.19. The van der Waals surface area contributed by atoms with Gasteiger partial charge in [0.05, 0.1) is 5.92 Å². The number of halogens is 1. The van der Waals surface area contributed by atoms with Crippen molar-refractivity contribution in [3.63, 3.8) is 0 Å². The molecule has 1 rings (SSSR count). The second kappa shape index (κ2) is 6.66. The molecule has 0 aliphatic rings. The van der Waals surface area contributed by atoms with Gasteiger partial charge < -0.3 is 5.11 Å². The van der Waals surface area contributed by atoms with Gasteiger partial charge in [0.1, 0.15) is 5.82 Å². The van der Waals surface area contributed by atoms with Crippen LogP contribution in [0, 0.1) is 11.7 Å². The zero-order valence-corrected chi connectivity index (χ0v) is 12.0. The number of hydrogen-bond acceptors (Lipinski definition) is 2. The van der Waals surface area contributed by atoms with Gasteiger partial charge in [-0.2, -0.15) is 0 Å². The molecule has 1 aromatic rings. The molecule has 3 nitrogen and oxygen atoms in total. The third-order valence-corrected chi connectivity index (χ3v) is 3.37. The molecule has 0 aromatic heterocycles. The minimum Gasteiger partial charge on any atom is -0.481 e. The van der Waals surface area contributed by atoms with Gasteiger partial charge >= 0.3 is 5.97 Å². The molecule has 106 valence electrons. The highest BCUT2D eigenvalue weighted by molar-refractivity contribution is 5.69. The normalized spacial score (nSPS) is 13.0. The van der Waals surface area contributed by atoms with Crippen molar-refractivity contribution in [2.75, 3.05) is 7.05 Å². The molecule has 0 radical (unpaired) electrons. The molecule has 0 amide bonds. The number of rotatable bonds is 6. The Balaban J connectivity index is 2.85. The summed E-state index contributed by atoms with van der Waals surface area (Å²) in [5.74, 6) is -1.52. The Labute approximate surface area is 114 Å². The molecule has 0 saturated heterocycles. The van der Waals surface area contributed by atoms with Crippen molar-refractivity contribution >= 4 is 5.97 Å². The molecule has 19 heavy (non-hydrogen) atoms. The smallest absolute Gasteiger partial charge is 0.306 e. The second-order valence-electron chi connectivity index (χ2n) is 5.38. The molecule has 1 aromatic carbocycles. The Hall–Kier alpha value is -1.42. The van der Waals surface area contributed by atoms with Crippen LogP contribution in [-0.2, 0) is 17.8 Å². The maximum Gasteiger partial charge on any atom is 0.306 e. The minimum atomic E-state index is -0.829. The van der Waals surface area contributed by atoms with Gasteiger partial charge in [0.25, 0.3) is 0 Å². The predicted molar refractivity (Wildman–Crippen MR) is 73.5 cm³/mol. The van der Waals surface area contributed by atoms with E-state index in [-0.39, 0.29) is 5.82 Å². The lowest BCUT2D eigenvalue weighted by atomic mass is 9.99. The Morgan fingerprint density at radius 1 is 1.37 bits per heavy atom. The van der Waals surface area contributed by atoms with E-state index in [4.69, 9.17) is 5.11 Å². The van der Waals surface area contributed by atoms with Crippen molar-refractivity contribution in [3.05, 3.63) is 35.1 Å². The first kappa shape index (κ1) is 15.6. The first-order valence-electron chi connectivity index (χ1n) is 6.51. The Morgan fingerprint density at radius 3 is 2.53 bits per heavy atom. The highest BCUT2D eigenvalue weighted by Crippen LogP contribution is 2.16. The maximum atomic E-state index is 13.7. The van der Waals surface area contributed by atoms with Crippen LogP contribution in [-0.4, -0.2) is 29.1 Å². The molecular weight excluding hydrogens is 245 g/mol. The molecule has 1 unspecified atom stereocenters. The van der Waals surface area contributed by atoms with Gasteiger partial charge in [0.15, 0.2) is 0 Å². The summed E-state index contributed by atoms with van der Waals surface area (Å²) in [4.78, 5) is 12.9. The monoisotopic (exact) mass is 267 g/mol. The number of carboxylic acid groups (broad SMARTS) is 1. The lowest BCUT2D eigenvalue weighted by molar-refractivity contribution is -0.141. The van der Waals surface area contributed by atoms with Crippen LogP contribution in [0.25, 0.3) is 0 Å². The molecule has 1 N–H and O–H groups in total. The fourth-order valence-corrected chi connectivity index (χ4v) is 1.77. The molecule has 4 heteroatoms. The Morgan fingerprint density at radius 2 is 2.00 bits per heavy atom. The molecular formula is C15H22FNO2. The lowest BCUT2D eigenvalue weighted by Crippen LogP contribution is -2.26. The molecule has 0 fully saturated rings. The van der Waals surface area contributed by atoms with E-state index in [1.54, 1.807) is 19.1 Å². The summed E-state index contributed by atoms with van der Waals surface area (Å²) >= 11 is 0. The van der Waals surface area contributed by atoms with Gasteiger partial charge in [-0.15, -0.1) is 0 Å². The molecule has 0 heterocycles.